The Hall–Kier alpha value is -1.65. The summed E-state index contributed by atoms with van der Waals surface area (Å²) < 4.78 is 24.8. The molecule has 2 aromatic rings. The van der Waals surface area contributed by atoms with E-state index in [9.17, 15) is 4.39 Å². The van der Waals surface area contributed by atoms with Crippen molar-refractivity contribution in [2.24, 2.45) is 5.92 Å². The average molecular weight is 326 g/mol. The largest absolute Gasteiger partial charge is 0.493 e. The Balaban J connectivity index is 1.56. The Labute approximate surface area is 144 Å². The third kappa shape index (κ3) is 4.46. The molecule has 0 bridgehead atoms. The quantitative estimate of drug-likeness (QED) is 0.577. The van der Waals surface area contributed by atoms with Crippen molar-refractivity contribution in [2.75, 3.05) is 13.2 Å². The molecular formula is C20H24BFO2. The first-order valence-corrected chi connectivity index (χ1v) is 8.85. The van der Waals surface area contributed by atoms with E-state index in [0.29, 0.717) is 5.92 Å². The van der Waals surface area contributed by atoms with Gasteiger partial charge in [0.15, 0.2) is 0 Å². The van der Waals surface area contributed by atoms with Crippen molar-refractivity contribution in [3.05, 3.63) is 54.3 Å². The van der Waals surface area contributed by atoms with E-state index in [4.69, 9.17) is 9.31 Å². The summed E-state index contributed by atoms with van der Waals surface area (Å²) in [6.45, 7) is 3.77. The van der Waals surface area contributed by atoms with Crippen LogP contribution in [-0.2, 0) is 9.31 Å². The molecule has 0 aliphatic carbocycles. The lowest BCUT2D eigenvalue weighted by Crippen LogP contribution is -2.44. The maximum Gasteiger partial charge on any atom is 0.493 e. The highest BCUT2D eigenvalue weighted by molar-refractivity contribution is 6.61. The van der Waals surface area contributed by atoms with Gasteiger partial charge in [-0.25, -0.2) is 4.39 Å². The molecule has 0 spiro atoms. The minimum Gasteiger partial charge on any atom is -0.407 e. The zero-order valence-corrected chi connectivity index (χ0v) is 14.2. The third-order valence-corrected chi connectivity index (χ3v) is 4.54. The molecule has 2 nitrogen and oxygen atoms in total. The molecule has 0 radical (unpaired) electrons. The van der Waals surface area contributed by atoms with Gasteiger partial charge in [-0.3, -0.25) is 0 Å². The maximum atomic E-state index is 13.0. The molecule has 1 saturated heterocycles. The highest BCUT2D eigenvalue weighted by Gasteiger charge is 2.28. The second kappa shape index (κ2) is 8.45. The van der Waals surface area contributed by atoms with Crippen molar-refractivity contribution >= 4 is 12.6 Å². The van der Waals surface area contributed by atoms with E-state index < -0.39 is 0 Å². The van der Waals surface area contributed by atoms with Gasteiger partial charge in [-0.05, 0) is 35.1 Å². The fourth-order valence-electron chi connectivity index (χ4n) is 3.06. The molecule has 0 unspecified atom stereocenters. The lowest BCUT2D eigenvalue weighted by molar-refractivity contribution is 0.0811. The second-order valence-electron chi connectivity index (χ2n) is 6.49. The SMILES string of the molecule is CCCCCC1COB(c2ccc(-c3ccc(F)cc3)cc2)OC1. The highest BCUT2D eigenvalue weighted by Crippen LogP contribution is 2.20. The second-order valence-corrected chi connectivity index (χ2v) is 6.49. The number of hydrogen-bond donors (Lipinski definition) is 0. The van der Waals surface area contributed by atoms with Crippen LogP contribution in [0, 0.1) is 11.7 Å². The number of halogens is 1. The van der Waals surface area contributed by atoms with Gasteiger partial charge in [0.25, 0.3) is 0 Å². The van der Waals surface area contributed by atoms with Crippen LogP contribution in [-0.4, -0.2) is 20.3 Å². The van der Waals surface area contributed by atoms with Gasteiger partial charge in [-0.1, -0.05) is 62.6 Å². The number of rotatable bonds is 6. The Bertz CT molecular complexity index is 619. The van der Waals surface area contributed by atoms with E-state index in [1.54, 1.807) is 12.1 Å². The maximum absolute atomic E-state index is 13.0. The van der Waals surface area contributed by atoms with Crippen molar-refractivity contribution in [1.82, 2.24) is 0 Å². The first kappa shape index (κ1) is 17.2. The molecule has 3 rings (SSSR count). The summed E-state index contributed by atoms with van der Waals surface area (Å²) in [4.78, 5) is 0. The summed E-state index contributed by atoms with van der Waals surface area (Å²) in [7, 11) is -0.269. The zero-order chi connectivity index (χ0) is 16.8. The molecule has 126 valence electrons. The van der Waals surface area contributed by atoms with Crippen LogP contribution in [0.2, 0.25) is 0 Å². The standard InChI is InChI=1S/C20H24BFO2/c1-2-3-4-5-16-14-23-21(24-15-16)19-10-6-17(7-11-19)18-8-12-20(22)13-9-18/h6-13,16H,2-5,14-15H2,1H3. The average Bonchev–Trinajstić information content (AvgIpc) is 2.63. The summed E-state index contributed by atoms with van der Waals surface area (Å²) in [6, 6.07) is 14.7. The molecule has 1 fully saturated rings. The van der Waals surface area contributed by atoms with E-state index >= 15 is 0 Å². The van der Waals surface area contributed by atoms with Gasteiger partial charge < -0.3 is 9.31 Å². The molecule has 0 N–H and O–H groups in total. The first-order valence-electron chi connectivity index (χ1n) is 8.85. The third-order valence-electron chi connectivity index (χ3n) is 4.54. The van der Waals surface area contributed by atoms with Crippen LogP contribution in [0.1, 0.15) is 32.6 Å². The normalized spacial score (nSPS) is 15.7. The van der Waals surface area contributed by atoms with Gasteiger partial charge in [0.05, 0.1) is 0 Å². The molecular weight excluding hydrogens is 302 g/mol. The van der Waals surface area contributed by atoms with Gasteiger partial charge in [-0.2, -0.15) is 0 Å². The molecule has 24 heavy (non-hydrogen) atoms. The van der Waals surface area contributed by atoms with Crippen LogP contribution >= 0.6 is 0 Å². The molecule has 2 aromatic carbocycles. The number of unbranched alkanes of at least 4 members (excludes halogenated alkanes) is 2. The Kier molecular flexibility index (Phi) is 6.05. The fourth-order valence-corrected chi connectivity index (χ4v) is 3.06. The van der Waals surface area contributed by atoms with Gasteiger partial charge in [0, 0.05) is 19.1 Å². The van der Waals surface area contributed by atoms with E-state index in [2.05, 4.69) is 6.92 Å². The molecule has 4 heteroatoms. The molecule has 1 aliphatic heterocycles. The molecule has 0 amide bonds. The van der Waals surface area contributed by atoms with E-state index in [-0.39, 0.29) is 12.9 Å². The number of hydrogen-bond acceptors (Lipinski definition) is 2. The Morgan fingerprint density at radius 1 is 0.917 bits per heavy atom. The van der Waals surface area contributed by atoms with Crippen molar-refractivity contribution in [3.8, 4) is 11.1 Å². The van der Waals surface area contributed by atoms with Crippen LogP contribution in [0.4, 0.5) is 4.39 Å². The highest BCUT2D eigenvalue weighted by atomic mass is 19.1. The minimum atomic E-state index is -0.269. The van der Waals surface area contributed by atoms with E-state index in [1.165, 1.54) is 37.8 Å². The number of benzene rings is 2. The molecule has 1 aliphatic rings. The Morgan fingerprint density at radius 2 is 1.50 bits per heavy atom. The van der Waals surface area contributed by atoms with Crippen LogP contribution in [0.5, 0.6) is 0 Å². The van der Waals surface area contributed by atoms with Crippen LogP contribution in [0.15, 0.2) is 48.5 Å². The fraction of sp³-hybridized carbons (Fsp3) is 0.400. The van der Waals surface area contributed by atoms with Crippen molar-refractivity contribution in [2.45, 2.75) is 32.6 Å². The van der Waals surface area contributed by atoms with Crippen LogP contribution in [0.3, 0.4) is 0 Å². The minimum absolute atomic E-state index is 0.215. The predicted octanol–water partition coefficient (Wildman–Crippen LogP) is 4.43. The van der Waals surface area contributed by atoms with Crippen LogP contribution < -0.4 is 5.46 Å². The van der Waals surface area contributed by atoms with Gasteiger partial charge >= 0.3 is 7.12 Å². The smallest absolute Gasteiger partial charge is 0.407 e. The van der Waals surface area contributed by atoms with Gasteiger partial charge in [-0.15, -0.1) is 0 Å². The first-order chi connectivity index (χ1) is 11.8. The van der Waals surface area contributed by atoms with Crippen molar-refractivity contribution in [3.63, 3.8) is 0 Å². The summed E-state index contributed by atoms with van der Waals surface area (Å²) in [5.41, 5.74) is 3.10. The molecule has 0 aromatic heterocycles. The molecule has 0 saturated carbocycles. The van der Waals surface area contributed by atoms with E-state index in [1.807, 2.05) is 24.3 Å². The summed E-state index contributed by atoms with van der Waals surface area (Å²) in [5, 5.41) is 0. The summed E-state index contributed by atoms with van der Waals surface area (Å²) in [6.07, 6.45) is 4.97. The molecule has 0 atom stereocenters. The molecule has 1 heterocycles. The monoisotopic (exact) mass is 326 g/mol. The Morgan fingerprint density at radius 3 is 2.08 bits per heavy atom. The van der Waals surface area contributed by atoms with Crippen molar-refractivity contribution in [1.29, 1.82) is 0 Å². The van der Waals surface area contributed by atoms with Crippen molar-refractivity contribution < 1.29 is 13.7 Å². The summed E-state index contributed by atoms with van der Waals surface area (Å²) in [5.74, 6) is 0.305. The summed E-state index contributed by atoms with van der Waals surface area (Å²) >= 11 is 0. The van der Waals surface area contributed by atoms with Gasteiger partial charge in [0.2, 0.25) is 0 Å². The zero-order valence-electron chi connectivity index (χ0n) is 14.2. The topological polar surface area (TPSA) is 18.5 Å². The van der Waals surface area contributed by atoms with Gasteiger partial charge in [0.1, 0.15) is 5.82 Å². The lowest BCUT2D eigenvalue weighted by Gasteiger charge is -2.27. The predicted molar refractivity (Wildman–Crippen MR) is 96.8 cm³/mol. The van der Waals surface area contributed by atoms with E-state index in [0.717, 1.165) is 29.8 Å². The van der Waals surface area contributed by atoms with Crippen LogP contribution in [0.25, 0.3) is 11.1 Å². The lowest BCUT2D eigenvalue weighted by atomic mass is 9.76.